The van der Waals surface area contributed by atoms with E-state index in [-0.39, 0.29) is 5.84 Å². The normalized spacial score (nSPS) is 24.0. The first-order valence-electron chi connectivity index (χ1n) is 7.11. The van der Waals surface area contributed by atoms with E-state index >= 15 is 0 Å². The van der Waals surface area contributed by atoms with Gasteiger partial charge in [0.15, 0.2) is 0 Å². The summed E-state index contributed by atoms with van der Waals surface area (Å²) in [6, 6.07) is 4.51. The van der Waals surface area contributed by atoms with Gasteiger partial charge in [0.1, 0.15) is 11.5 Å². The Morgan fingerprint density at radius 1 is 1.35 bits per heavy atom. The maximum atomic E-state index is 7.48. The SMILES string of the molecule is N=C(N)c1cc(N2CCC(N3CCOCC3)C2)ccn1. The fourth-order valence-corrected chi connectivity index (χ4v) is 2.98. The van der Waals surface area contributed by atoms with Crippen LogP contribution in [0.3, 0.4) is 0 Å². The quantitative estimate of drug-likeness (QED) is 0.612. The number of anilines is 1. The number of hydrogen-bond acceptors (Lipinski definition) is 5. The van der Waals surface area contributed by atoms with E-state index in [1.165, 1.54) is 6.42 Å². The largest absolute Gasteiger partial charge is 0.382 e. The Balaban J connectivity index is 1.67. The van der Waals surface area contributed by atoms with Crippen LogP contribution in [0.15, 0.2) is 18.3 Å². The highest BCUT2D eigenvalue weighted by atomic mass is 16.5. The van der Waals surface area contributed by atoms with Crippen LogP contribution in [0.25, 0.3) is 0 Å². The molecule has 1 atom stereocenters. The minimum Gasteiger partial charge on any atom is -0.382 e. The number of nitrogen functional groups attached to an aromatic ring is 1. The number of ether oxygens (including phenoxy) is 1. The number of aromatic nitrogens is 1. The molecule has 0 amide bonds. The highest BCUT2D eigenvalue weighted by molar-refractivity contribution is 5.93. The predicted octanol–water partition coefficient (Wildman–Crippen LogP) is 0.277. The van der Waals surface area contributed by atoms with E-state index in [1.54, 1.807) is 6.20 Å². The number of nitrogens with two attached hydrogens (primary N) is 1. The Bertz CT molecular complexity index is 486. The zero-order valence-corrected chi connectivity index (χ0v) is 11.6. The van der Waals surface area contributed by atoms with Gasteiger partial charge in [-0.3, -0.25) is 15.3 Å². The van der Waals surface area contributed by atoms with E-state index in [2.05, 4.69) is 14.8 Å². The molecule has 0 aromatic carbocycles. The second kappa shape index (κ2) is 5.76. The number of rotatable bonds is 3. The van der Waals surface area contributed by atoms with Crippen molar-refractivity contribution in [3.8, 4) is 0 Å². The molecule has 108 valence electrons. The molecular weight excluding hydrogens is 254 g/mol. The summed E-state index contributed by atoms with van der Waals surface area (Å²) in [5.41, 5.74) is 7.17. The fourth-order valence-electron chi connectivity index (χ4n) is 2.98. The Hall–Kier alpha value is -1.66. The van der Waals surface area contributed by atoms with Crippen molar-refractivity contribution in [1.82, 2.24) is 9.88 Å². The summed E-state index contributed by atoms with van der Waals surface area (Å²) in [5, 5.41) is 7.48. The third kappa shape index (κ3) is 2.76. The molecule has 1 aromatic heterocycles. The first-order valence-corrected chi connectivity index (χ1v) is 7.11. The van der Waals surface area contributed by atoms with E-state index in [9.17, 15) is 0 Å². The summed E-state index contributed by atoms with van der Waals surface area (Å²) >= 11 is 0. The van der Waals surface area contributed by atoms with Crippen LogP contribution in [-0.4, -0.2) is 61.2 Å². The van der Waals surface area contributed by atoms with Gasteiger partial charge < -0.3 is 15.4 Å². The van der Waals surface area contributed by atoms with E-state index < -0.39 is 0 Å². The highest BCUT2D eigenvalue weighted by Crippen LogP contribution is 2.23. The molecular formula is C14H21N5O. The van der Waals surface area contributed by atoms with Crippen LogP contribution in [0, 0.1) is 5.41 Å². The zero-order chi connectivity index (χ0) is 13.9. The standard InChI is InChI=1S/C14H21N5O/c15-14(16)13-9-11(1-3-17-13)19-4-2-12(10-19)18-5-7-20-8-6-18/h1,3,9,12H,2,4-8,10H2,(H3,15,16). The summed E-state index contributed by atoms with van der Waals surface area (Å²) in [6.45, 7) is 5.84. The summed E-state index contributed by atoms with van der Waals surface area (Å²) in [5.74, 6) is 0.0239. The number of nitrogens with zero attached hydrogens (tertiary/aromatic N) is 3. The number of hydrogen-bond donors (Lipinski definition) is 2. The van der Waals surface area contributed by atoms with Gasteiger partial charge >= 0.3 is 0 Å². The third-order valence-electron chi connectivity index (χ3n) is 4.11. The first kappa shape index (κ1) is 13.3. The molecule has 6 heteroatoms. The molecule has 0 spiro atoms. The summed E-state index contributed by atoms with van der Waals surface area (Å²) in [7, 11) is 0. The number of pyridine rings is 1. The monoisotopic (exact) mass is 275 g/mol. The lowest BCUT2D eigenvalue weighted by Crippen LogP contribution is -2.44. The molecule has 0 radical (unpaired) electrons. The van der Waals surface area contributed by atoms with Crippen molar-refractivity contribution in [2.45, 2.75) is 12.5 Å². The Morgan fingerprint density at radius 2 is 2.15 bits per heavy atom. The van der Waals surface area contributed by atoms with Crippen molar-refractivity contribution in [3.05, 3.63) is 24.0 Å². The molecule has 2 aliphatic rings. The van der Waals surface area contributed by atoms with Crippen LogP contribution in [0.2, 0.25) is 0 Å². The van der Waals surface area contributed by atoms with Gasteiger partial charge in [0.05, 0.1) is 13.2 Å². The van der Waals surface area contributed by atoms with Gasteiger partial charge in [0.25, 0.3) is 0 Å². The van der Waals surface area contributed by atoms with Crippen LogP contribution < -0.4 is 10.6 Å². The molecule has 0 saturated carbocycles. The second-order valence-corrected chi connectivity index (χ2v) is 5.35. The molecule has 2 fully saturated rings. The van der Waals surface area contributed by atoms with Gasteiger partial charge in [-0.1, -0.05) is 0 Å². The van der Waals surface area contributed by atoms with Gasteiger partial charge in [0, 0.05) is 44.1 Å². The molecule has 6 nitrogen and oxygen atoms in total. The maximum Gasteiger partial charge on any atom is 0.141 e. The molecule has 1 aromatic rings. The highest BCUT2D eigenvalue weighted by Gasteiger charge is 2.28. The minimum absolute atomic E-state index is 0.0239. The average molecular weight is 275 g/mol. The van der Waals surface area contributed by atoms with Crippen molar-refractivity contribution < 1.29 is 4.74 Å². The van der Waals surface area contributed by atoms with Crippen molar-refractivity contribution in [1.29, 1.82) is 5.41 Å². The third-order valence-corrected chi connectivity index (χ3v) is 4.11. The molecule has 20 heavy (non-hydrogen) atoms. The summed E-state index contributed by atoms with van der Waals surface area (Å²) in [4.78, 5) is 9.00. The molecule has 0 bridgehead atoms. The smallest absolute Gasteiger partial charge is 0.141 e. The predicted molar refractivity (Wildman–Crippen MR) is 78.3 cm³/mol. The first-order chi connectivity index (χ1) is 9.74. The van der Waals surface area contributed by atoms with Gasteiger partial charge in [-0.2, -0.15) is 0 Å². The molecule has 3 rings (SSSR count). The summed E-state index contributed by atoms with van der Waals surface area (Å²) in [6.07, 6.45) is 2.91. The Morgan fingerprint density at radius 3 is 2.90 bits per heavy atom. The lowest BCUT2D eigenvalue weighted by atomic mass is 10.2. The number of morpholine rings is 1. The molecule has 2 saturated heterocycles. The van der Waals surface area contributed by atoms with Crippen molar-refractivity contribution in [3.63, 3.8) is 0 Å². The lowest BCUT2D eigenvalue weighted by molar-refractivity contribution is 0.0209. The van der Waals surface area contributed by atoms with Gasteiger partial charge in [-0.15, -0.1) is 0 Å². The second-order valence-electron chi connectivity index (χ2n) is 5.35. The molecule has 0 aliphatic carbocycles. The van der Waals surface area contributed by atoms with E-state index in [1.807, 2.05) is 12.1 Å². The van der Waals surface area contributed by atoms with E-state index in [0.717, 1.165) is 45.1 Å². The van der Waals surface area contributed by atoms with Gasteiger partial charge in [0.2, 0.25) is 0 Å². The Labute approximate surface area is 119 Å². The van der Waals surface area contributed by atoms with Crippen LogP contribution in [-0.2, 0) is 4.74 Å². The lowest BCUT2D eigenvalue weighted by Gasteiger charge is -2.32. The maximum absolute atomic E-state index is 7.48. The van der Waals surface area contributed by atoms with Crippen molar-refractivity contribution in [2.24, 2.45) is 5.73 Å². The van der Waals surface area contributed by atoms with Crippen LogP contribution in [0.1, 0.15) is 12.1 Å². The van der Waals surface area contributed by atoms with Crippen LogP contribution in [0.5, 0.6) is 0 Å². The minimum atomic E-state index is 0.0239. The van der Waals surface area contributed by atoms with Gasteiger partial charge in [-0.05, 0) is 18.6 Å². The Kier molecular flexibility index (Phi) is 3.84. The van der Waals surface area contributed by atoms with Crippen LogP contribution in [0.4, 0.5) is 5.69 Å². The zero-order valence-electron chi connectivity index (χ0n) is 11.6. The van der Waals surface area contributed by atoms with E-state index in [0.29, 0.717) is 11.7 Å². The van der Waals surface area contributed by atoms with E-state index in [4.69, 9.17) is 15.9 Å². The summed E-state index contributed by atoms with van der Waals surface area (Å²) < 4.78 is 5.41. The van der Waals surface area contributed by atoms with Crippen LogP contribution >= 0.6 is 0 Å². The average Bonchev–Trinajstić information content (AvgIpc) is 2.98. The van der Waals surface area contributed by atoms with Gasteiger partial charge in [-0.25, -0.2) is 0 Å². The number of amidine groups is 1. The fraction of sp³-hybridized carbons (Fsp3) is 0.571. The topological polar surface area (TPSA) is 78.5 Å². The molecule has 2 aliphatic heterocycles. The molecule has 3 N–H and O–H groups in total. The van der Waals surface area contributed by atoms with Crippen molar-refractivity contribution >= 4 is 11.5 Å². The molecule has 3 heterocycles. The molecule has 1 unspecified atom stereocenters. The van der Waals surface area contributed by atoms with Crippen molar-refractivity contribution in [2.75, 3.05) is 44.3 Å². The number of nitrogens with one attached hydrogen (secondary N) is 1.